The number of rotatable bonds is 6. The highest BCUT2D eigenvalue weighted by atomic mass is 16.1. The first kappa shape index (κ1) is 12.3. The van der Waals surface area contributed by atoms with Crippen molar-refractivity contribution >= 4 is 5.91 Å². The SMILES string of the molecule is NC(=O)CCNCc1cnn(-c2ccccc2)n1. The summed E-state index contributed by atoms with van der Waals surface area (Å²) in [5.74, 6) is -0.310. The van der Waals surface area contributed by atoms with Crippen molar-refractivity contribution in [3.05, 3.63) is 42.2 Å². The van der Waals surface area contributed by atoms with Crippen LogP contribution in [0.3, 0.4) is 0 Å². The van der Waals surface area contributed by atoms with E-state index < -0.39 is 0 Å². The number of carbonyl (C=O) groups excluding carboxylic acids is 1. The van der Waals surface area contributed by atoms with Gasteiger partial charge in [-0.3, -0.25) is 4.79 Å². The number of carbonyl (C=O) groups is 1. The van der Waals surface area contributed by atoms with Gasteiger partial charge in [-0.1, -0.05) is 18.2 Å². The standard InChI is InChI=1S/C12H15N5O/c13-12(18)6-7-14-8-10-9-15-17(16-10)11-4-2-1-3-5-11/h1-5,9,14H,6-8H2,(H2,13,18). The molecule has 0 spiro atoms. The molecule has 1 aromatic carbocycles. The van der Waals surface area contributed by atoms with Crippen LogP contribution in [0, 0.1) is 0 Å². The molecule has 1 amide bonds. The first-order valence-corrected chi connectivity index (χ1v) is 5.71. The summed E-state index contributed by atoms with van der Waals surface area (Å²) in [5.41, 5.74) is 6.78. The zero-order chi connectivity index (χ0) is 12.8. The molecule has 1 aromatic heterocycles. The van der Waals surface area contributed by atoms with Crippen LogP contribution >= 0.6 is 0 Å². The van der Waals surface area contributed by atoms with Crippen LogP contribution in [-0.2, 0) is 11.3 Å². The number of nitrogens with zero attached hydrogens (tertiary/aromatic N) is 3. The average molecular weight is 245 g/mol. The molecular formula is C12H15N5O. The number of nitrogens with one attached hydrogen (secondary N) is 1. The fourth-order valence-electron chi connectivity index (χ4n) is 1.49. The van der Waals surface area contributed by atoms with Crippen LogP contribution in [0.15, 0.2) is 36.5 Å². The van der Waals surface area contributed by atoms with Crippen molar-refractivity contribution in [3.8, 4) is 5.69 Å². The molecule has 0 fully saturated rings. The Hall–Kier alpha value is -2.21. The molecular weight excluding hydrogens is 230 g/mol. The maximum Gasteiger partial charge on any atom is 0.218 e. The summed E-state index contributed by atoms with van der Waals surface area (Å²) in [6.07, 6.45) is 2.02. The van der Waals surface area contributed by atoms with E-state index in [4.69, 9.17) is 5.73 Å². The second-order valence-electron chi connectivity index (χ2n) is 3.85. The average Bonchev–Trinajstić information content (AvgIpc) is 2.84. The maximum atomic E-state index is 10.5. The molecule has 0 saturated heterocycles. The third kappa shape index (κ3) is 3.39. The Balaban J connectivity index is 1.89. The minimum Gasteiger partial charge on any atom is -0.370 e. The summed E-state index contributed by atoms with van der Waals surface area (Å²) >= 11 is 0. The molecule has 0 aliphatic rings. The van der Waals surface area contributed by atoms with E-state index in [2.05, 4.69) is 15.5 Å². The lowest BCUT2D eigenvalue weighted by molar-refractivity contribution is -0.117. The number of para-hydroxylation sites is 1. The molecule has 6 nitrogen and oxygen atoms in total. The fraction of sp³-hybridized carbons (Fsp3) is 0.250. The van der Waals surface area contributed by atoms with Crippen LogP contribution < -0.4 is 11.1 Å². The number of hydrogen-bond donors (Lipinski definition) is 2. The van der Waals surface area contributed by atoms with Crippen LogP contribution in [0.5, 0.6) is 0 Å². The van der Waals surface area contributed by atoms with Crippen molar-refractivity contribution in [1.29, 1.82) is 0 Å². The topological polar surface area (TPSA) is 85.8 Å². The number of benzene rings is 1. The van der Waals surface area contributed by atoms with E-state index >= 15 is 0 Å². The lowest BCUT2D eigenvalue weighted by Crippen LogP contribution is -2.21. The third-order valence-electron chi connectivity index (χ3n) is 2.38. The minimum absolute atomic E-state index is 0.310. The third-order valence-corrected chi connectivity index (χ3v) is 2.38. The Kier molecular flexibility index (Phi) is 4.03. The van der Waals surface area contributed by atoms with E-state index in [1.165, 1.54) is 0 Å². The molecule has 3 N–H and O–H groups in total. The Morgan fingerprint density at radius 2 is 2.11 bits per heavy atom. The molecule has 6 heteroatoms. The van der Waals surface area contributed by atoms with Crippen LogP contribution in [0.1, 0.15) is 12.1 Å². The summed E-state index contributed by atoms with van der Waals surface area (Å²) in [6, 6.07) is 9.68. The monoisotopic (exact) mass is 245 g/mol. The van der Waals surface area contributed by atoms with E-state index in [0.717, 1.165) is 11.4 Å². The normalized spacial score (nSPS) is 10.4. The fourth-order valence-corrected chi connectivity index (χ4v) is 1.49. The number of primary amides is 1. The molecule has 0 aliphatic heterocycles. The predicted molar refractivity (Wildman–Crippen MR) is 66.9 cm³/mol. The molecule has 0 unspecified atom stereocenters. The summed E-state index contributed by atoms with van der Waals surface area (Å²) in [5, 5.41) is 11.6. The smallest absolute Gasteiger partial charge is 0.218 e. The Bertz CT molecular complexity index is 508. The highest BCUT2D eigenvalue weighted by Crippen LogP contribution is 2.03. The molecule has 2 rings (SSSR count). The van der Waals surface area contributed by atoms with Gasteiger partial charge in [0.1, 0.15) is 0 Å². The molecule has 2 aromatic rings. The van der Waals surface area contributed by atoms with E-state index in [0.29, 0.717) is 19.5 Å². The second-order valence-corrected chi connectivity index (χ2v) is 3.85. The van der Waals surface area contributed by atoms with Gasteiger partial charge >= 0.3 is 0 Å². The van der Waals surface area contributed by atoms with Gasteiger partial charge in [-0.15, -0.1) is 0 Å². The van der Waals surface area contributed by atoms with E-state index in [1.54, 1.807) is 11.0 Å². The Morgan fingerprint density at radius 3 is 2.83 bits per heavy atom. The molecule has 18 heavy (non-hydrogen) atoms. The van der Waals surface area contributed by atoms with Crippen molar-refractivity contribution < 1.29 is 4.79 Å². The van der Waals surface area contributed by atoms with E-state index in [1.807, 2.05) is 30.3 Å². The molecule has 94 valence electrons. The van der Waals surface area contributed by atoms with Gasteiger partial charge in [0.2, 0.25) is 5.91 Å². The van der Waals surface area contributed by atoms with Gasteiger partial charge in [-0.2, -0.15) is 15.0 Å². The van der Waals surface area contributed by atoms with Gasteiger partial charge in [0, 0.05) is 19.5 Å². The minimum atomic E-state index is -0.310. The van der Waals surface area contributed by atoms with Crippen molar-refractivity contribution in [1.82, 2.24) is 20.3 Å². The lowest BCUT2D eigenvalue weighted by Gasteiger charge is -2.00. The van der Waals surface area contributed by atoms with Crippen LogP contribution in [0.4, 0.5) is 0 Å². The second kappa shape index (κ2) is 5.92. The first-order chi connectivity index (χ1) is 8.75. The Morgan fingerprint density at radius 1 is 1.33 bits per heavy atom. The lowest BCUT2D eigenvalue weighted by atomic mass is 10.3. The van der Waals surface area contributed by atoms with Crippen molar-refractivity contribution in [3.63, 3.8) is 0 Å². The zero-order valence-electron chi connectivity index (χ0n) is 9.91. The summed E-state index contributed by atoms with van der Waals surface area (Å²) in [4.78, 5) is 12.1. The quantitative estimate of drug-likeness (QED) is 0.713. The van der Waals surface area contributed by atoms with Crippen LogP contribution in [-0.4, -0.2) is 27.4 Å². The predicted octanol–water partition coefficient (Wildman–Crippen LogP) is 0.232. The van der Waals surface area contributed by atoms with Crippen molar-refractivity contribution in [2.75, 3.05) is 6.54 Å². The number of aromatic nitrogens is 3. The van der Waals surface area contributed by atoms with E-state index in [-0.39, 0.29) is 5.91 Å². The molecule has 0 atom stereocenters. The summed E-state index contributed by atoms with van der Waals surface area (Å²) < 4.78 is 0. The van der Waals surface area contributed by atoms with Gasteiger partial charge in [-0.05, 0) is 12.1 Å². The molecule has 1 heterocycles. The molecule has 0 aliphatic carbocycles. The van der Waals surface area contributed by atoms with Crippen molar-refractivity contribution in [2.24, 2.45) is 5.73 Å². The number of nitrogens with two attached hydrogens (primary N) is 1. The first-order valence-electron chi connectivity index (χ1n) is 5.71. The zero-order valence-corrected chi connectivity index (χ0v) is 9.91. The summed E-state index contributed by atoms with van der Waals surface area (Å²) in [6.45, 7) is 1.12. The number of hydrogen-bond acceptors (Lipinski definition) is 4. The van der Waals surface area contributed by atoms with Gasteiger partial charge in [0.15, 0.2) is 0 Å². The van der Waals surface area contributed by atoms with E-state index in [9.17, 15) is 4.79 Å². The summed E-state index contributed by atoms with van der Waals surface area (Å²) in [7, 11) is 0. The van der Waals surface area contributed by atoms with Crippen LogP contribution in [0.2, 0.25) is 0 Å². The van der Waals surface area contributed by atoms with Gasteiger partial charge in [0.05, 0.1) is 17.6 Å². The number of amides is 1. The van der Waals surface area contributed by atoms with Gasteiger partial charge in [0.25, 0.3) is 0 Å². The van der Waals surface area contributed by atoms with Crippen molar-refractivity contribution in [2.45, 2.75) is 13.0 Å². The highest BCUT2D eigenvalue weighted by molar-refractivity contribution is 5.73. The Labute approximate surface area is 105 Å². The molecule has 0 saturated carbocycles. The maximum absolute atomic E-state index is 10.5. The highest BCUT2D eigenvalue weighted by Gasteiger charge is 2.02. The largest absolute Gasteiger partial charge is 0.370 e. The van der Waals surface area contributed by atoms with Gasteiger partial charge in [-0.25, -0.2) is 0 Å². The van der Waals surface area contributed by atoms with Gasteiger partial charge < -0.3 is 11.1 Å². The van der Waals surface area contributed by atoms with Crippen LogP contribution in [0.25, 0.3) is 5.69 Å². The molecule has 0 bridgehead atoms. The molecule has 0 radical (unpaired) electrons.